The highest BCUT2D eigenvalue weighted by Gasteiger charge is 2.04. The topological polar surface area (TPSA) is 66.9 Å². The van der Waals surface area contributed by atoms with Crippen molar-refractivity contribution >= 4 is 12.0 Å². The fraction of sp³-hybridized carbons (Fsp3) is 0.364. The minimum Gasteiger partial charge on any atom is -0.315 e. The Morgan fingerprint density at radius 3 is 2.50 bits per heavy atom. The Labute approximate surface area is 95.0 Å². The summed E-state index contributed by atoms with van der Waals surface area (Å²) in [5.74, 6) is 0.282. The number of carbonyl (C=O) groups is 1. The number of anilines is 1. The van der Waals surface area contributed by atoms with E-state index in [9.17, 15) is 4.79 Å². The summed E-state index contributed by atoms with van der Waals surface area (Å²) in [6.07, 6.45) is 6.64. The van der Waals surface area contributed by atoms with E-state index in [4.69, 9.17) is 0 Å². The highest BCUT2D eigenvalue weighted by molar-refractivity contribution is 5.87. The Kier molecular flexibility index (Phi) is 3.99. The van der Waals surface area contributed by atoms with Crippen molar-refractivity contribution in [3.8, 4) is 0 Å². The van der Waals surface area contributed by atoms with Crippen LogP contribution in [0, 0.1) is 5.41 Å². The number of allylic oxidation sites excluding steroid dienone is 1. The number of urea groups is 1. The second-order valence-corrected chi connectivity index (χ2v) is 4.37. The molecule has 1 heterocycles. The molecule has 1 aromatic rings. The largest absolute Gasteiger partial charge is 0.325 e. The summed E-state index contributed by atoms with van der Waals surface area (Å²) in [5, 5.41) is 5.08. The van der Waals surface area contributed by atoms with E-state index in [0.717, 1.165) is 0 Å². The summed E-state index contributed by atoms with van der Waals surface area (Å²) in [4.78, 5) is 19.1. The van der Waals surface area contributed by atoms with Crippen molar-refractivity contribution in [3.63, 3.8) is 0 Å². The number of nitrogens with zero attached hydrogens (tertiary/aromatic N) is 2. The van der Waals surface area contributed by atoms with E-state index >= 15 is 0 Å². The summed E-state index contributed by atoms with van der Waals surface area (Å²) in [5.41, 5.74) is 0.0382. The lowest BCUT2D eigenvalue weighted by Gasteiger charge is -2.11. The van der Waals surface area contributed by atoms with Gasteiger partial charge in [0.2, 0.25) is 5.95 Å². The molecule has 2 amide bonds. The maximum Gasteiger partial charge on any atom is 0.325 e. The van der Waals surface area contributed by atoms with Crippen LogP contribution >= 0.6 is 0 Å². The number of nitrogens with one attached hydrogen (secondary N) is 2. The van der Waals surface area contributed by atoms with Crippen molar-refractivity contribution in [1.82, 2.24) is 15.3 Å². The molecule has 0 aromatic carbocycles. The van der Waals surface area contributed by atoms with Crippen LogP contribution in [-0.2, 0) is 0 Å². The van der Waals surface area contributed by atoms with E-state index < -0.39 is 0 Å². The molecule has 0 aliphatic heterocycles. The molecule has 2 N–H and O–H groups in total. The first kappa shape index (κ1) is 12.2. The van der Waals surface area contributed by atoms with Gasteiger partial charge in [-0.05, 0) is 11.5 Å². The summed E-state index contributed by atoms with van der Waals surface area (Å²) in [6, 6.07) is 1.33. The van der Waals surface area contributed by atoms with Gasteiger partial charge in [-0.25, -0.2) is 14.8 Å². The van der Waals surface area contributed by atoms with Crippen LogP contribution < -0.4 is 10.6 Å². The standard InChI is InChI=1S/C11H16N4O/c1-11(2,3)5-8-14-10(16)15-9-12-6-4-7-13-9/h4-8H,1-3H3,(H2,12,13,14,15,16)/b8-5+. The molecule has 0 aliphatic carbocycles. The lowest BCUT2D eigenvalue weighted by atomic mass is 9.97. The number of rotatable bonds is 2. The highest BCUT2D eigenvalue weighted by Crippen LogP contribution is 2.13. The van der Waals surface area contributed by atoms with Gasteiger partial charge < -0.3 is 5.32 Å². The van der Waals surface area contributed by atoms with Crippen LogP contribution in [0.25, 0.3) is 0 Å². The first-order valence-electron chi connectivity index (χ1n) is 5.00. The van der Waals surface area contributed by atoms with Gasteiger partial charge >= 0.3 is 6.03 Å². The molecule has 5 heteroatoms. The van der Waals surface area contributed by atoms with E-state index in [2.05, 4.69) is 20.6 Å². The SMILES string of the molecule is CC(C)(C)/C=C/NC(=O)Nc1ncccn1. The van der Waals surface area contributed by atoms with E-state index in [-0.39, 0.29) is 17.4 Å². The van der Waals surface area contributed by atoms with Gasteiger partial charge in [0.1, 0.15) is 0 Å². The monoisotopic (exact) mass is 220 g/mol. The fourth-order valence-corrected chi connectivity index (χ4v) is 0.869. The molecule has 1 aromatic heterocycles. The van der Waals surface area contributed by atoms with Crippen molar-refractivity contribution in [2.45, 2.75) is 20.8 Å². The van der Waals surface area contributed by atoms with Crippen molar-refractivity contribution in [2.24, 2.45) is 5.41 Å². The maximum atomic E-state index is 11.3. The number of hydrogen-bond acceptors (Lipinski definition) is 3. The highest BCUT2D eigenvalue weighted by atomic mass is 16.2. The normalized spacial score (nSPS) is 11.4. The molecular weight excluding hydrogens is 204 g/mol. The summed E-state index contributed by atoms with van der Waals surface area (Å²) >= 11 is 0. The van der Waals surface area contributed by atoms with Gasteiger partial charge in [0.25, 0.3) is 0 Å². The van der Waals surface area contributed by atoms with Crippen LogP contribution in [0.5, 0.6) is 0 Å². The molecule has 86 valence electrons. The molecule has 5 nitrogen and oxygen atoms in total. The Morgan fingerprint density at radius 1 is 1.31 bits per heavy atom. The second-order valence-electron chi connectivity index (χ2n) is 4.37. The predicted molar refractivity (Wildman–Crippen MR) is 62.8 cm³/mol. The number of aromatic nitrogens is 2. The molecule has 0 fully saturated rings. The third-order valence-electron chi connectivity index (χ3n) is 1.59. The van der Waals surface area contributed by atoms with E-state index in [0.29, 0.717) is 0 Å². The van der Waals surface area contributed by atoms with Crippen molar-refractivity contribution < 1.29 is 4.79 Å². The van der Waals surface area contributed by atoms with E-state index in [1.807, 2.05) is 26.8 Å². The third kappa shape index (κ3) is 5.09. The molecule has 0 spiro atoms. The van der Waals surface area contributed by atoms with E-state index in [1.54, 1.807) is 24.7 Å². The maximum absolute atomic E-state index is 11.3. The summed E-state index contributed by atoms with van der Waals surface area (Å²) in [7, 11) is 0. The zero-order chi connectivity index (χ0) is 12.0. The van der Waals surface area contributed by atoms with Crippen molar-refractivity contribution in [2.75, 3.05) is 5.32 Å². The van der Waals surface area contributed by atoms with Crippen molar-refractivity contribution in [3.05, 3.63) is 30.7 Å². The van der Waals surface area contributed by atoms with E-state index in [1.165, 1.54) is 0 Å². The second kappa shape index (κ2) is 5.25. The first-order chi connectivity index (χ1) is 7.47. The van der Waals surface area contributed by atoms with Crippen LogP contribution in [-0.4, -0.2) is 16.0 Å². The quantitative estimate of drug-likeness (QED) is 0.802. The zero-order valence-corrected chi connectivity index (χ0v) is 9.69. The van der Waals surface area contributed by atoms with Gasteiger partial charge in [-0.15, -0.1) is 0 Å². The molecular formula is C11H16N4O. The molecule has 0 saturated heterocycles. The average molecular weight is 220 g/mol. The van der Waals surface area contributed by atoms with Crippen LogP contribution in [0.2, 0.25) is 0 Å². The van der Waals surface area contributed by atoms with Crippen LogP contribution in [0.3, 0.4) is 0 Å². The number of hydrogen-bond donors (Lipinski definition) is 2. The molecule has 16 heavy (non-hydrogen) atoms. The van der Waals surface area contributed by atoms with Gasteiger partial charge in [0.15, 0.2) is 0 Å². The van der Waals surface area contributed by atoms with Gasteiger partial charge in [0.05, 0.1) is 0 Å². The molecule has 0 saturated carbocycles. The number of amides is 2. The van der Waals surface area contributed by atoms with Crippen molar-refractivity contribution in [1.29, 1.82) is 0 Å². The molecule has 0 bridgehead atoms. The van der Waals surface area contributed by atoms with Gasteiger partial charge in [-0.2, -0.15) is 0 Å². The first-order valence-corrected chi connectivity index (χ1v) is 5.00. The lowest BCUT2D eigenvalue weighted by molar-refractivity contribution is 0.255. The molecule has 1 rings (SSSR count). The summed E-state index contributed by atoms with van der Waals surface area (Å²) < 4.78 is 0. The lowest BCUT2D eigenvalue weighted by Crippen LogP contribution is -2.25. The van der Waals surface area contributed by atoms with Gasteiger partial charge in [-0.1, -0.05) is 26.8 Å². The summed E-state index contributed by atoms with van der Waals surface area (Å²) in [6.45, 7) is 6.14. The zero-order valence-electron chi connectivity index (χ0n) is 9.69. The predicted octanol–water partition coefficient (Wildman–Crippen LogP) is 2.16. The number of carbonyl (C=O) groups excluding carboxylic acids is 1. The van der Waals surface area contributed by atoms with Gasteiger partial charge in [-0.3, -0.25) is 5.32 Å². The molecule has 0 atom stereocenters. The fourth-order valence-electron chi connectivity index (χ4n) is 0.869. The van der Waals surface area contributed by atoms with Crippen LogP contribution in [0.15, 0.2) is 30.7 Å². The molecule has 0 aliphatic rings. The third-order valence-corrected chi connectivity index (χ3v) is 1.59. The van der Waals surface area contributed by atoms with Crippen LogP contribution in [0.4, 0.5) is 10.7 Å². The Hall–Kier alpha value is -1.91. The average Bonchev–Trinajstić information content (AvgIpc) is 2.17. The molecule has 0 unspecified atom stereocenters. The minimum absolute atomic E-state index is 0.0382. The Morgan fingerprint density at radius 2 is 1.94 bits per heavy atom. The smallest absolute Gasteiger partial charge is 0.315 e. The minimum atomic E-state index is -0.355. The van der Waals surface area contributed by atoms with Crippen LogP contribution in [0.1, 0.15) is 20.8 Å². The van der Waals surface area contributed by atoms with Gasteiger partial charge in [0, 0.05) is 18.6 Å². The molecule has 0 radical (unpaired) electrons. The Balaban J connectivity index is 2.41. The Bertz CT molecular complexity index is 367.